The molecule has 0 aliphatic heterocycles. The van der Waals surface area contributed by atoms with Crippen LogP contribution < -0.4 is 5.32 Å². The van der Waals surface area contributed by atoms with E-state index in [4.69, 9.17) is 5.11 Å². The Morgan fingerprint density at radius 1 is 1.24 bits per heavy atom. The number of anilines is 1. The number of hydrogen-bond donors (Lipinski definition) is 2. The van der Waals surface area contributed by atoms with Gasteiger partial charge in [-0.05, 0) is 37.0 Å². The number of thioether (sulfide) groups is 1. The van der Waals surface area contributed by atoms with Crippen molar-refractivity contribution in [2.75, 3.05) is 23.9 Å². The number of aromatic nitrogens is 2. The number of nitrogens with zero attached hydrogens (tertiary/aromatic N) is 2. The molecule has 0 aliphatic carbocycles. The fraction of sp³-hybridized carbons (Fsp3) is 0.400. The molecule has 0 atom stereocenters. The van der Waals surface area contributed by atoms with Crippen molar-refractivity contribution in [3.8, 4) is 0 Å². The zero-order valence-corrected chi connectivity index (χ0v) is 12.8. The van der Waals surface area contributed by atoms with E-state index < -0.39 is 5.97 Å². The molecule has 0 unspecified atom stereocenters. The van der Waals surface area contributed by atoms with Crippen LogP contribution in [0.3, 0.4) is 0 Å². The minimum atomic E-state index is -1.11. The SMILES string of the molecule is CSCCCCCNc1nc(C(=O)O)nc2ccccc12. The van der Waals surface area contributed by atoms with Gasteiger partial charge in [0, 0.05) is 11.9 Å². The quantitative estimate of drug-likeness (QED) is 0.729. The number of carboxylic acid groups (broad SMARTS) is 1. The van der Waals surface area contributed by atoms with E-state index in [2.05, 4.69) is 21.5 Å². The minimum absolute atomic E-state index is 0.168. The number of benzene rings is 1. The lowest BCUT2D eigenvalue weighted by atomic mass is 10.2. The molecule has 0 spiro atoms. The molecule has 0 fully saturated rings. The van der Waals surface area contributed by atoms with Crippen LogP contribution in [0.1, 0.15) is 29.9 Å². The van der Waals surface area contributed by atoms with E-state index in [1.165, 1.54) is 12.2 Å². The van der Waals surface area contributed by atoms with Crippen molar-refractivity contribution in [1.82, 2.24) is 9.97 Å². The Hall–Kier alpha value is -1.82. The van der Waals surface area contributed by atoms with Gasteiger partial charge in [0.25, 0.3) is 0 Å². The van der Waals surface area contributed by atoms with Crippen LogP contribution in [0, 0.1) is 0 Å². The van der Waals surface area contributed by atoms with Gasteiger partial charge in [-0.15, -0.1) is 0 Å². The summed E-state index contributed by atoms with van der Waals surface area (Å²) in [5.41, 5.74) is 0.648. The molecular formula is C15H19N3O2S. The van der Waals surface area contributed by atoms with Gasteiger partial charge >= 0.3 is 5.97 Å². The maximum Gasteiger partial charge on any atom is 0.374 e. The van der Waals surface area contributed by atoms with E-state index in [-0.39, 0.29) is 5.82 Å². The fourth-order valence-electron chi connectivity index (χ4n) is 2.06. The highest BCUT2D eigenvalue weighted by Crippen LogP contribution is 2.20. The summed E-state index contributed by atoms with van der Waals surface area (Å²) in [5.74, 6) is 0.504. The van der Waals surface area contributed by atoms with E-state index >= 15 is 0 Å². The molecule has 2 aromatic rings. The number of nitrogens with one attached hydrogen (secondary N) is 1. The Balaban J connectivity index is 2.08. The lowest BCUT2D eigenvalue weighted by Gasteiger charge is -2.09. The molecule has 21 heavy (non-hydrogen) atoms. The van der Waals surface area contributed by atoms with Gasteiger partial charge in [-0.2, -0.15) is 11.8 Å². The third-order valence-corrected chi connectivity index (χ3v) is 3.81. The second kappa shape index (κ2) is 7.83. The molecule has 112 valence electrons. The third-order valence-electron chi connectivity index (χ3n) is 3.11. The summed E-state index contributed by atoms with van der Waals surface area (Å²) in [6.07, 6.45) is 5.51. The summed E-state index contributed by atoms with van der Waals surface area (Å²) in [4.78, 5) is 19.2. The highest BCUT2D eigenvalue weighted by atomic mass is 32.2. The van der Waals surface area contributed by atoms with Crippen molar-refractivity contribution in [3.05, 3.63) is 30.1 Å². The van der Waals surface area contributed by atoms with Crippen molar-refractivity contribution in [3.63, 3.8) is 0 Å². The molecule has 0 saturated heterocycles. The first-order chi connectivity index (χ1) is 10.2. The normalized spacial score (nSPS) is 10.7. The Morgan fingerprint density at radius 2 is 2.05 bits per heavy atom. The monoisotopic (exact) mass is 305 g/mol. The van der Waals surface area contributed by atoms with Crippen LogP contribution in [-0.2, 0) is 0 Å². The van der Waals surface area contributed by atoms with Crippen LogP contribution in [0.2, 0.25) is 0 Å². The standard InChI is InChI=1S/C15H19N3O2S/c1-21-10-6-2-5-9-16-13-11-7-3-4-8-12(11)17-14(18-13)15(19)20/h3-4,7-8H,2,5-6,9-10H2,1H3,(H,19,20)(H,16,17,18). The maximum atomic E-state index is 11.1. The van der Waals surface area contributed by atoms with Crippen LogP contribution in [0.5, 0.6) is 0 Å². The summed E-state index contributed by atoms with van der Waals surface area (Å²) >= 11 is 1.86. The molecule has 5 nitrogen and oxygen atoms in total. The van der Waals surface area contributed by atoms with Crippen molar-refractivity contribution >= 4 is 34.5 Å². The second-order valence-corrected chi connectivity index (χ2v) is 5.68. The smallest absolute Gasteiger partial charge is 0.374 e. The topological polar surface area (TPSA) is 75.1 Å². The van der Waals surface area contributed by atoms with Crippen LogP contribution >= 0.6 is 11.8 Å². The van der Waals surface area contributed by atoms with Gasteiger partial charge in [-0.1, -0.05) is 18.6 Å². The average molecular weight is 305 g/mol. The predicted molar refractivity (Wildman–Crippen MR) is 87.2 cm³/mol. The molecule has 1 aromatic carbocycles. The molecule has 2 N–H and O–H groups in total. The molecule has 0 aliphatic rings. The van der Waals surface area contributed by atoms with Crippen LogP contribution in [0.15, 0.2) is 24.3 Å². The van der Waals surface area contributed by atoms with E-state index in [9.17, 15) is 4.79 Å². The summed E-state index contributed by atoms with van der Waals surface area (Å²) < 4.78 is 0. The number of fused-ring (bicyclic) bond motifs is 1. The highest BCUT2D eigenvalue weighted by Gasteiger charge is 2.12. The molecule has 6 heteroatoms. The summed E-state index contributed by atoms with van der Waals surface area (Å²) in [7, 11) is 0. The van der Waals surface area contributed by atoms with Gasteiger partial charge in [0.2, 0.25) is 5.82 Å². The zero-order chi connectivity index (χ0) is 15.1. The van der Waals surface area contributed by atoms with Crippen LogP contribution in [0.25, 0.3) is 10.9 Å². The number of unbranched alkanes of at least 4 members (excludes halogenated alkanes) is 2. The van der Waals surface area contributed by atoms with E-state index in [1.807, 2.05) is 30.0 Å². The lowest BCUT2D eigenvalue weighted by Crippen LogP contribution is -2.10. The Bertz CT molecular complexity index is 619. The first-order valence-electron chi connectivity index (χ1n) is 6.95. The van der Waals surface area contributed by atoms with Gasteiger partial charge in [0.15, 0.2) is 0 Å². The van der Waals surface area contributed by atoms with Gasteiger partial charge in [-0.3, -0.25) is 0 Å². The Kier molecular flexibility index (Phi) is 5.80. The van der Waals surface area contributed by atoms with Crippen molar-refractivity contribution in [2.45, 2.75) is 19.3 Å². The van der Waals surface area contributed by atoms with Gasteiger partial charge in [0.05, 0.1) is 5.52 Å². The molecule has 0 bridgehead atoms. The number of para-hydroxylation sites is 1. The number of rotatable bonds is 8. The number of aromatic carboxylic acids is 1. The Morgan fingerprint density at radius 3 is 2.81 bits per heavy atom. The van der Waals surface area contributed by atoms with Gasteiger partial charge < -0.3 is 10.4 Å². The molecule has 2 rings (SSSR count). The summed E-state index contributed by atoms with van der Waals surface area (Å²) in [6, 6.07) is 7.44. The minimum Gasteiger partial charge on any atom is -0.475 e. The largest absolute Gasteiger partial charge is 0.475 e. The molecular weight excluding hydrogens is 286 g/mol. The molecule has 0 amide bonds. The number of carboxylic acids is 1. The molecule has 1 aromatic heterocycles. The van der Waals surface area contributed by atoms with E-state index in [0.717, 1.165) is 24.8 Å². The number of hydrogen-bond acceptors (Lipinski definition) is 5. The average Bonchev–Trinajstić information content (AvgIpc) is 2.50. The van der Waals surface area contributed by atoms with Crippen molar-refractivity contribution in [1.29, 1.82) is 0 Å². The predicted octanol–water partition coefficient (Wildman–Crippen LogP) is 3.27. The van der Waals surface area contributed by atoms with E-state index in [0.29, 0.717) is 11.3 Å². The number of carbonyl (C=O) groups is 1. The van der Waals surface area contributed by atoms with Gasteiger partial charge in [0.1, 0.15) is 5.82 Å². The van der Waals surface area contributed by atoms with Crippen molar-refractivity contribution < 1.29 is 9.90 Å². The zero-order valence-electron chi connectivity index (χ0n) is 12.0. The lowest BCUT2D eigenvalue weighted by molar-refractivity contribution is 0.0684. The van der Waals surface area contributed by atoms with Crippen molar-refractivity contribution in [2.24, 2.45) is 0 Å². The maximum absolute atomic E-state index is 11.1. The third kappa shape index (κ3) is 4.32. The second-order valence-electron chi connectivity index (χ2n) is 4.70. The first-order valence-corrected chi connectivity index (χ1v) is 8.34. The fourth-order valence-corrected chi connectivity index (χ4v) is 2.55. The highest BCUT2D eigenvalue weighted by molar-refractivity contribution is 7.98. The summed E-state index contributed by atoms with van der Waals surface area (Å²) in [5, 5.41) is 13.2. The first kappa shape index (κ1) is 15.6. The molecule has 0 radical (unpaired) electrons. The van der Waals surface area contributed by atoms with Crippen LogP contribution in [0.4, 0.5) is 5.82 Å². The molecule has 1 heterocycles. The molecule has 0 saturated carbocycles. The summed E-state index contributed by atoms with van der Waals surface area (Å²) in [6.45, 7) is 0.786. The van der Waals surface area contributed by atoms with Gasteiger partial charge in [-0.25, -0.2) is 14.8 Å². The van der Waals surface area contributed by atoms with E-state index in [1.54, 1.807) is 6.07 Å². The van der Waals surface area contributed by atoms with Crippen LogP contribution in [-0.4, -0.2) is 39.6 Å². The Labute approximate surface area is 128 Å².